The fraction of sp³-hybridized carbons (Fsp3) is 1.00. The highest BCUT2D eigenvalue weighted by atomic mass is 32.2. The van der Waals surface area contributed by atoms with E-state index in [0.29, 0.717) is 0 Å². The van der Waals surface area contributed by atoms with Gasteiger partial charge in [-0.25, -0.2) is 0 Å². The van der Waals surface area contributed by atoms with Gasteiger partial charge in [0.25, 0.3) is 10.1 Å². The second-order valence-electron chi connectivity index (χ2n) is 3.18. The van der Waals surface area contributed by atoms with Crippen LogP contribution in [0.5, 0.6) is 0 Å². The van der Waals surface area contributed by atoms with Crippen LogP contribution in [0.3, 0.4) is 0 Å². The molecule has 0 radical (unpaired) electrons. The van der Waals surface area contributed by atoms with Crippen molar-refractivity contribution in [2.45, 2.75) is 17.2 Å². The molecule has 0 aliphatic carbocycles. The number of rotatable bonds is 1. The molecule has 3 N–H and O–H groups in total. The molecule has 0 aliphatic rings. The normalized spacial score (nSPS) is 13.9. The first kappa shape index (κ1) is 28.9. The predicted octanol–water partition coefficient (Wildman–Crippen LogP) is 1.22. The summed E-state index contributed by atoms with van der Waals surface area (Å²) in [5.74, 6) is -2.18. The lowest BCUT2D eigenvalue weighted by atomic mass is 10.8. The molecule has 0 atom stereocenters. The zero-order valence-electron chi connectivity index (χ0n) is 10.6. The third-order valence-corrected chi connectivity index (χ3v) is 2.79. The third kappa shape index (κ3) is 19.3. The standard InChI is InChI=1S/C2H3F3O3S.2CHF3O3S/c3-2(4,5)1-9(6,7)8;2*2-1(3,4)8(5,6)7/h1H2,(H,6,7,8);2*(H,5,6,7). The Morgan fingerprint density at radius 1 is 0.560 bits per heavy atom. The summed E-state index contributed by atoms with van der Waals surface area (Å²) in [5.41, 5.74) is -11.1. The molecule has 0 saturated carbocycles. The lowest BCUT2D eigenvalue weighted by Crippen LogP contribution is -2.21. The van der Waals surface area contributed by atoms with Crippen molar-refractivity contribution in [2.75, 3.05) is 5.75 Å². The van der Waals surface area contributed by atoms with Crippen LogP contribution < -0.4 is 0 Å². The number of hydrogen-bond donors (Lipinski definition) is 3. The molecule has 0 unspecified atom stereocenters. The topological polar surface area (TPSA) is 163 Å². The average Bonchev–Trinajstić information content (AvgIpc) is 2.04. The van der Waals surface area contributed by atoms with Gasteiger partial charge in [-0.05, 0) is 0 Å². The van der Waals surface area contributed by atoms with Crippen LogP contribution in [0.15, 0.2) is 0 Å². The summed E-state index contributed by atoms with van der Waals surface area (Å²) in [5, 5.41) is 0. The van der Waals surface area contributed by atoms with E-state index in [-0.39, 0.29) is 0 Å². The SMILES string of the molecule is O=S(=O)(O)C(F)(F)F.O=S(=O)(O)C(F)(F)F.O=S(=O)(O)CC(F)(F)F. The van der Waals surface area contributed by atoms with Gasteiger partial charge in [0.1, 0.15) is 0 Å². The van der Waals surface area contributed by atoms with Gasteiger partial charge in [0, 0.05) is 0 Å². The number of hydrogen-bond acceptors (Lipinski definition) is 6. The first-order chi connectivity index (χ1) is 10.2. The van der Waals surface area contributed by atoms with Gasteiger partial charge in [-0.15, -0.1) is 0 Å². The van der Waals surface area contributed by atoms with Gasteiger partial charge in [-0.1, -0.05) is 0 Å². The van der Waals surface area contributed by atoms with Gasteiger partial charge >= 0.3 is 37.4 Å². The monoisotopic (exact) mass is 464 g/mol. The van der Waals surface area contributed by atoms with Crippen molar-refractivity contribution >= 4 is 30.4 Å². The predicted molar refractivity (Wildman–Crippen MR) is 57.7 cm³/mol. The maximum absolute atomic E-state index is 11.0. The zero-order valence-corrected chi connectivity index (χ0v) is 13.1. The maximum atomic E-state index is 11.0. The van der Waals surface area contributed by atoms with Crippen LogP contribution in [0.2, 0.25) is 0 Å². The number of halogens is 9. The summed E-state index contributed by atoms with van der Waals surface area (Å²) in [6.45, 7) is 0. The molecule has 0 saturated heterocycles. The minimum Gasteiger partial charge on any atom is -0.285 e. The lowest BCUT2D eigenvalue weighted by molar-refractivity contribution is -0.107. The molecule has 0 spiro atoms. The van der Waals surface area contributed by atoms with E-state index >= 15 is 0 Å². The molecule has 9 nitrogen and oxygen atoms in total. The van der Waals surface area contributed by atoms with Crippen LogP contribution in [0.1, 0.15) is 0 Å². The Hall–Kier alpha value is -0.900. The lowest BCUT2D eigenvalue weighted by Gasteiger charge is -2.00. The second kappa shape index (κ2) is 8.66. The molecule has 0 aromatic rings. The summed E-state index contributed by atoms with van der Waals surface area (Å²) < 4.78 is 175. The second-order valence-corrected chi connectivity index (χ2v) is 7.46. The Morgan fingerprint density at radius 2 is 0.720 bits per heavy atom. The van der Waals surface area contributed by atoms with Crippen LogP contribution in [-0.4, -0.2) is 61.9 Å². The smallest absolute Gasteiger partial charge is 0.285 e. The molecule has 0 aliphatic heterocycles. The van der Waals surface area contributed by atoms with Gasteiger partial charge in [-0.3, -0.25) is 13.7 Å². The molecule has 0 aromatic heterocycles. The van der Waals surface area contributed by atoms with Crippen molar-refractivity contribution in [3.8, 4) is 0 Å². The van der Waals surface area contributed by atoms with Crippen molar-refractivity contribution < 1.29 is 78.4 Å². The number of alkyl halides is 9. The van der Waals surface area contributed by atoms with E-state index in [1.807, 2.05) is 0 Å². The highest BCUT2D eigenvalue weighted by Crippen LogP contribution is 2.21. The first-order valence-electron chi connectivity index (χ1n) is 4.30. The first-order valence-corrected chi connectivity index (χ1v) is 8.79. The van der Waals surface area contributed by atoms with Crippen molar-refractivity contribution in [3.05, 3.63) is 0 Å². The molecule has 0 rings (SSSR count). The Labute approximate surface area is 132 Å². The fourth-order valence-electron chi connectivity index (χ4n) is 0.207. The van der Waals surface area contributed by atoms with Gasteiger partial charge in [0.2, 0.25) is 0 Å². The molecule has 0 bridgehead atoms. The van der Waals surface area contributed by atoms with Crippen LogP contribution in [0.4, 0.5) is 39.5 Å². The minimum atomic E-state index is -5.84. The largest absolute Gasteiger partial charge is 0.522 e. The maximum Gasteiger partial charge on any atom is 0.522 e. The Kier molecular flexibility index (Phi) is 10.0. The molecule has 0 heterocycles. The molecule has 156 valence electrons. The van der Waals surface area contributed by atoms with E-state index in [9.17, 15) is 47.9 Å². The van der Waals surface area contributed by atoms with Gasteiger partial charge in [0.05, 0.1) is 0 Å². The van der Waals surface area contributed by atoms with E-state index in [1.165, 1.54) is 0 Å². The van der Waals surface area contributed by atoms with E-state index < -0.39 is 53.3 Å². The van der Waals surface area contributed by atoms with Crippen LogP contribution in [-0.2, 0) is 30.4 Å². The fourth-order valence-corrected chi connectivity index (χ4v) is 0.620. The minimum absolute atomic E-state index is 2.18. The van der Waals surface area contributed by atoms with Crippen molar-refractivity contribution in [1.82, 2.24) is 0 Å². The van der Waals surface area contributed by atoms with Crippen molar-refractivity contribution in [3.63, 3.8) is 0 Å². The summed E-state index contributed by atoms with van der Waals surface area (Å²) >= 11 is 0. The Morgan fingerprint density at radius 3 is 0.720 bits per heavy atom. The molecular weight excluding hydrogens is 459 g/mol. The van der Waals surface area contributed by atoms with Crippen molar-refractivity contribution in [2.24, 2.45) is 0 Å². The zero-order chi connectivity index (χ0) is 21.7. The Bertz CT molecular complexity index is 666. The molecule has 25 heavy (non-hydrogen) atoms. The summed E-state index contributed by atoms with van der Waals surface area (Å²) in [4.78, 5) is 0. The molecule has 0 fully saturated rings. The van der Waals surface area contributed by atoms with E-state index in [0.717, 1.165) is 0 Å². The van der Waals surface area contributed by atoms with Gasteiger partial charge in [0.15, 0.2) is 5.75 Å². The molecular formula is C4H5F9O9S3. The van der Waals surface area contributed by atoms with E-state index in [1.54, 1.807) is 0 Å². The van der Waals surface area contributed by atoms with Gasteiger partial charge in [-0.2, -0.15) is 64.8 Å². The van der Waals surface area contributed by atoms with Crippen LogP contribution in [0.25, 0.3) is 0 Å². The molecule has 21 heteroatoms. The van der Waals surface area contributed by atoms with Crippen LogP contribution >= 0.6 is 0 Å². The summed E-state index contributed by atoms with van der Waals surface area (Å²) in [7, 11) is -16.6. The third-order valence-electron chi connectivity index (χ3n) is 0.931. The van der Waals surface area contributed by atoms with E-state index in [2.05, 4.69) is 0 Å². The Balaban J connectivity index is -0.000000291. The van der Waals surface area contributed by atoms with E-state index in [4.69, 9.17) is 30.5 Å². The average molecular weight is 464 g/mol. The summed E-state index contributed by atoms with van der Waals surface area (Å²) in [6, 6.07) is 0. The van der Waals surface area contributed by atoms with Crippen molar-refractivity contribution in [1.29, 1.82) is 0 Å². The highest BCUT2D eigenvalue weighted by molar-refractivity contribution is 7.87. The molecule has 0 amide bonds. The highest BCUT2D eigenvalue weighted by Gasteiger charge is 2.45. The quantitative estimate of drug-likeness (QED) is 0.294. The molecule has 0 aromatic carbocycles. The van der Waals surface area contributed by atoms with Gasteiger partial charge < -0.3 is 0 Å². The van der Waals surface area contributed by atoms with Crippen LogP contribution in [0, 0.1) is 0 Å². The summed E-state index contributed by atoms with van der Waals surface area (Å²) in [6.07, 6.45) is -4.85.